The molecule has 1 fully saturated rings. The summed E-state index contributed by atoms with van der Waals surface area (Å²) in [5, 5.41) is 12.2. The third-order valence-electron chi connectivity index (χ3n) is 4.14. The Morgan fingerprint density at radius 3 is 2.70 bits per heavy atom. The largest absolute Gasteiger partial charge is 0.351 e. The van der Waals surface area contributed by atoms with Crippen LogP contribution in [0.25, 0.3) is 0 Å². The molecule has 1 heterocycles. The van der Waals surface area contributed by atoms with Crippen molar-refractivity contribution in [3.8, 4) is 0 Å². The topological polar surface area (TPSA) is 54.9 Å². The van der Waals surface area contributed by atoms with Gasteiger partial charge in [-0.25, -0.2) is 0 Å². The van der Waals surface area contributed by atoms with Crippen molar-refractivity contribution < 1.29 is 4.79 Å². The fourth-order valence-corrected chi connectivity index (χ4v) is 3.58. The van der Waals surface area contributed by atoms with Crippen LogP contribution in [0.5, 0.6) is 0 Å². The fraction of sp³-hybridized carbons (Fsp3) is 0.667. The maximum atomic E-state index is 12.4. The van der Waals surface area contributed by atoms with Crippen LogP contribution >= 0.6 is 15.9 Å². The van der Waals surface area contributed by atoms with Gasteiger partial charge in [0.05, 0.1) is 17.0 Å². The van der Waals surface area contributed by atoms with Crippen molar-refractivity contribution >= 4 is 21.8 Å². The maximum absolute atomic E-state index is 12.4. The zero-order chi connectivity index (χ0) is 14.6. The lowest BCUT2D eigenvalue weighted by Gasteiger charge is -2.26. The first-order valence-electron chi connectivity index (χ1n) is 7.27. The van der Waals surface area contributed by atoms with Gasteiger partial charge in [-0.15, -0.1) is 0 Å². The Morgan fingerprint density at radius 2 is 2.10 bits per heavy atom. The molecule has 1 N–H and O–H groups in total. The van der Waals surface area contributed by atoms with Gasteiger partial charge >= 0.3 is 0 Å². The summed E-state index contributed by atoms with van der Waals surface area (Å²) in [6.45, 7) is 4.59. The summed E-state index contributed by atoms with van der Waals surface area (Å²) in [6, 6.07) is 1.83. The smallest absolute Gasteiger partial charge is 0.253 e. The van der Waals surface area contributed by atoms with E-state index in [1.165, 1.54) is 25.7 Å². The van der Waals surface area contributed by atoms with Gasteiger partial charge in [-0.3, -0.25) is 4.79 Å². The van der Waals surface area contributed by atoms with Gasteiger partial charge in [0, 0.05) is 11.9 Å². The first-order chi connectivity index (χ1) is 9.60. The predicted molar refractivity (Wildman–Crippen MR) is 83.2 cm³/mol. The molecule has 4 nitrogen and oxygen atoms in total. The Balaban J connectivity index is 2.06. The molecule has 0 aliphatic heterocycles. The van der Waals surface area contributed by atoms with Gasteiger partial charge in [0.15, 0.2) is 0 Å². The fourth-order valence-electron chi connectivity index (χ4n) is 2.82. The molecule has 1 aromatic heterocycles. The van der Waals surface area contributed by atoms with Crippen LogP contribution in [0.15, 0.2) is 6.07 Å². The van der Waals surface area contributed by atoms with Crippen LogP contribution in [-0.2, 0) is 6.42 Å². The van der Waals surface area contributed by atoms with Crippen molar-refractivity contribution in [3.05, 3.63) is 23.0 Å². The van der Waals surface area contributed by atoms with Gasteiger partial charge < -0.3 is 5.32 Å². The summed E-state index contributed by atoms with van der Waals surface area (Å²) in [5.74, 6) is -0.0212. The molecule has 0 radical (unpaired) electrons. The lowest BCUT2D eigenvalue weighted by Crippen LogP contribution is -2.37. The number of amides is 1. The highest BCUT2D eigenvalue weighted by atomic mass is 79.9. The van der Waals surface area contributed by atoms with Crippen molar-refractivity contribution in [1.82, 2.24) is 15.5 Å². The third-order valence-corrected chi connectivity index (χ3v) is 5.33. The third kappa shape index (κ3) is 3.37. The number of halogens is 1. The van der Waals surface area contributed by atoms with Crippen LogP contribution in [0.2, 0.25) is 0 Å². The minimum absolute atomic E-state index is 0.0212. The van der Waals surface area contributed by atoms with E-state index in [1.54, 1.807) is 0 Å². The average molecular weight is 340 g/mol. The molecule has 20 heavy (non-hydrogen) atoms. The van der Waals surface area contributed by atoms with E-state index in [4.69, 9.17) is 0 Å². The SMILES string of the molecule is CCc1nnc(C)cc1C(=O)NCC1(CBr)CCCC1. The van der Waals surface area contributed by atoms with Crippen molar-refractivity contribution in [3.63, 3.8) is 0 Å². The highest BCUT2D eigenvalue weighted by Gasteiger charge is 2.33. The van der Waals surface area contributed by atoms with Gasteiger partial charge in [-0.1, -0.05) is 35.7 Å². The normalized spacial score (nSPS) is 17.1. The summed E-state index contributed by atoms with van der Waals surface area (Å²) in [4.78, 5) is 12.4. The van der Waals surface area contributed by atoms with Crippen LogP contribution in [0.3, 0.4) is 0 Å². The number of carbonyl (C=O) groups is 1. The number of hydrogen-bond acceptors (Lipinski definition) is 3. The average Bonchev–Trinajstić information content (AvgIpc) is 2.94. The molecular formula is C15H22BrN3O. The van der Waals surface area contributed by atoms with Crippen molar-refractivity contribution in [2.45, 2.75) is 46.0 Å². The lowest BCUT2D eigenvalue weighted by atomic mass is 9.88. The molecule has 110 valence electrons. The second kappa shape index (κ2) is 6.66. The number of aryl methyl sites for hydroxylation is 2. The number of aromatic nitrogens is 2. The van der Waals surface area contributed by atoms with E-state index < -0.39 is 0 Å². The highest BCUT2D eigenvalue weighted by Crippen LogP contribution is 2.39. The number of nitrogens with one attached hydrogen (secondary N) is 1. The van der Waals surface area contributed by atoms with Crippen LogP contribution in [0, 0.1) is 12.3 Å². The summed E-state index contributed by atoms with van der Waals surface area (Å²) in [7, 11) is 0. The molecule has 0 saturated heterocycles. The molecule has 2 rings (SSSR count). The standard InChI is InChI=1S/C15H22BrN3O/c1-3-13-12(8-11(2)18-19-13)14(20)17-10-15(9-16)6-4-5-7-15/h8H,3-7,9-10H2,1-2H3,(H,17,20). The Kier molecular flexibility index (Phi) is 5.13. The van der Waals surface area contributed by atoms with Gasteiger partial charge in [0.25, 0.3) is 5.91 Å². The molecule has 1 aliphatic rings. The minimum atomic E-state index is -0.0212. The summed E-state index contributed by atoms with van der Waals surface area (Å²) in [6.07, 6.45) is 5.62. The second-order valence-electron chi connectivity index (χ2n) is 5.72. The number of hydrogen-bond donors (Lipinski definition) is 1. The molecule has 0 spiro atoms. The Bertz CT molecular complexity index is 484. The van der Waals surface area contributed by atoms with Crippen LogP contribution in [0.1, 0.15) is 54.4 Å². The number of carbonyl (C=O) groups excluding carboxylic acids is 1. The molecule has 0 bridgehead atoms. The van der Waals surface area contributed by atoms with E-state index >= 15 is 0 Å². The van der Waals surface area contributed by atoms with Crippen molar-refractivity contribution in [2.75, 3.05) is 11.9 Å². The molecule has 0 unspecified atom stereocenters. The van der Waals surface area contributed by atoms with E-state index in [1.807, 2.05) is 19.9 Å². The number of rotatable bonds is 5. The Labute approximate surface area is 128 Å². The van der Waals surface area contributed by atoms with E-state index in [-0.39, 0.29) is 11.3 Å². The first-order valence-corrected chi connectivity index (χ1v) is 8.40. The maximum Gasteiger partial charge on any atom is 0.253 e. The van der Waals surface area contributed by atoms with Gasteiger partial charge in [-0.05, 0) is 37.7 Å². The molecule has 1 aromatic rings. The van der Waals surface area contributed by atoms with E-state index in [0.717, 1.165) is 29.7 Å². The van der Waals surface area contributed by atoms with Gasteiger partial charge in [-0.2, -0.15) is 10.2 Å². The predicted octanol–water partition coefficient (Wildman–Crippen LogP) is 3.03. The van der Waals surface area contributed by atoms with E-state index in [9.17, 15) is 4.79 Å². The zero-order valence-electron chi connectivity index (χ0n) is 12.2. The molecule has 5 heteroatoms. The summed E-state index contributed by atoms with van der Waals surface area (Å²) in [5.41, 5.74) is 2.45. The molecule has 0 atom stereocenters. The quantitative estimate of drug-likeness (QED) is 0.839. The van der Waals surface area contributed by atoms with Crippen molar-refractivity contribution in [1.29, 1.82) is 0 Å². The van der Waals surface area contributed by atoms with Crippen LogP contribution < -0.4 is 5.32 Å². The van der Waals surface area contributed by atoms with Crippen molar-refractivity contribution in [2.24, 2.45) is 5.41 Å². The monoisotopic (exact) mass is 339 g/mol. The molecular weight excluding hydrogens is 318 g/mol. The summed E-state index contributed by atoms with van der Waals surface area (Å²) < 4.78 is 0. The first kappa shape index (κ1) is 15.4. The lowest BCUT2D eigenvalue weighted by molar-refractivity contribution is 0.0934. The highest BCUT2D eigenvalue weighted by molar-refractivity contribution is 9.09. The second-order valence-corrected chi connectivity index (χ2v) is 6.28. The van der Waals surface area contributed by atoms with E-state index in [0.29, 0.717) is 5.56 Å². The molecule has 1 saturated carbocycles. The Hall–Kier alpha value is -0.970. The van der Waals surface area contributed by atoms with Crippen LogP contribution in [-0.4, -0.2) is 28.0 Å². The van der Waals surface area contributed by atoms with Gasteiger partial charge in [0.2, 0.25) is 0 Å². The molecule has 1 amide bonds. The minimum Gasteiger partial charge on any atom is -0.351 e. The van der Waals surface area contributed by atoms with Gasteiger partial charge in [0.1, 0.15) is 0 Å². The number of nitrogens with zero attached hydrogens (tertiary/aromatic N) is 2. The summed E-state index contributed by atoms with van der Waals surface area (Å²) >= 11 is 3.61. The molecule has 0 aromatic carbocycles. The number of alkyl halides is 1. The Morgan fingerprint density at radius 1 is 1.40 bits per heavy atom. The zero-order valence-corrected chi connectivity index (χ0v) is 13.8. The molecule has 1 aliphatic carbocycles. The van der Waals surface area contributed by atoms with E-state index in [2.05, 4.69) is 31.4 Å². The van der Waals surface area contributed by atoms with Crippen LogP contribution in [0.4, 0.5) is 0 Å².